The maximum atomic E-state index is 13.9. The summed E-state index contributed by atoms with van der Waals surface area (Å²) in [7, 11) is -3.88. The second kappa shape index (κ2) is 7.03. The quantitative estimate of drug-likeness (QED) is 0.467. The van der Waals surface area contributed by atoms with E-state index >= 15 is 0 Å². The number of aryl methyl sites for hydroxylation is 1. The first-order chi connectivity index (χ1) is 16.3. The molecule has 35 heavy (non-hydrogen) atoms. The Morgan fingerprint density at radius 3 is 2.34 bits per heavy atom. The highest BCUT2D eigenvalue weighted by molar-refractivity contribution is 7.89. The van der Waals surface area contributed by atoms with E-state index in [0.717, 1.165) is 0 Å². The molecule has 0 bridgehead atoms. The number of carbonyl (C=O) groups is 2. The SMILES string of the molecule is CC(=O)c1c(O)c(C)c(O)c2c1OC1=Cc3c(c(C)nn3-c3ccc(S(N)(=O)=O)cc3)C(=O)C12C. The molecule has 0 spiro atoms. The van der Waals surface area contributed by atoms with Gasteiger partial charge in [0, 0.05) is 11.6 Å². The van der Waals surface area contributed by atoms with Crippen molar-refractivity contribution in [3.05, 3.63) is 63.7 Å². The zero-order chi connectivity index (χ0) is 25.6. The van der Waals surface area contributed by atoms with Gasteiger partial charge >= 0.3 is 0 Å². The Morgan fingerprint density at radius 1 is 1.14 bits per heavy atom. The van der Waals surface area contributed by atoms with Crippen LogP contribution in [0.25, 0.3) is 11.8 Å². The van der Waals surface area contributed by atoms with Crippen LogP contribution in [0.5, 0.6) is 17.2 Å². The molecule has 5 rings (SSSR count). The number of primary sulfonamides is 1. The summed E-state index contributed by atoms with van der Waals surface area (Å²) in [6, 6.07) is 5.68. The van der Waals surface area contributed by atoms with Gasteiger partial charge in [-0.3, -0.25) is 9.59 Å². The minimum absolute atomic E-state index is 0.0555. The summed E-state index contributed by atoms with van der Waals surface area (Å²) in [6.07, 6.45) is 1.60. The Labute approximate surface area is 200 Å². The fourth-order valence-electron chi connectivity index (χ4n) is 4.76. The van der Waals surface area contributed by atoms with Crippen LogP contribution in [0.1, 0.15) is 57.1 Å². The number of aromatic nitrogens is 2. The summed E-state index contributed by atoms with van der Waals surface area (Å²) in [6.45, 7) is 5.97. The Bertz CT molecular complexity index is 1630. The fraction of sp³-hybridized carbons (Fsp3) is 0.208. The zero-order valence-corrected chi connectivity index (χ0v) is 20.0. The highest BCUT2D eigenvalue weighted by Gasteiger charge is 2.55. The molecule has 11 heteroatoms. The lowest BCUT2D eigenvalue weighted by Crippen LogP contribution is -2.36. The number of fused-ring (bicyclic) bond motifs is 4. The van der Waals surface area contributed by atoms with E-state index < -0.39 is 32.8 Å². The van der Waals surface area contributed by atoms with Crippen molar-refractivity contribution in [3.8, 4) is 22.9 Å². The number of carbonyl (C=O) groups excluding carboxylic acids is 2. The molecule has 180 valence electrons. The summed E-state index contributed by atoms with van der Waals surface area (Å²) in [4.78, 5) is 26.2. The number of allylic oxidation sites excluding steroid dienone is 1. The number of ether oxygens (including phenoxy) is 1. The molecule has 4 N–H and O–H groups in total. The zero-order valence-electron chi connectivity index (χ0n) is 19.2. The molecule has 0 amide bonds. The third kappa shape index (κ3) is 2.91. The van der Waals surface area contributed by atoms with Crippen LogP contribution in [0.3, 0.4) is 0 Å². The molecule has 2 aromatic carbocycles. The number of rotatable bonds is 3. The first-order valence-corrected chi connectivity index (χ1v) is 12.1. The smallest absolute Gasteiger partial charge is 0.238 e. The lowest BCUT2D eigenvalue weighted by Gasteiger charge is -2.27. The van der Waals surface area contributed by atoms with Crippen molar-refractivity contribution in [2.45, 2.75) is 38.0 Å². The van der Waals surface area contributed by atoms with Crippen molar-refractivity contribution < 1.29 is 33.0 Å². The first-order valence-electron chi connectivity index (χ1n) is 10.6. The highest BCUT2D eigenvalue weighted by atomic mass is 32.2. The number of sulfonamides is 1. The number of phenols is 2. The van der Waals surface area contributed by atoms with Crippen LogP contribution in [-0.4, -0.2) is 40.0 Å². The first kappa shape index (κ1) is 22.8. The molecule has 1 unspecified atom stereocenters. The summed E-state index contributed by atoms with van der Waals surface area (Å²) in [5.41, 5.74) is 0.189. The van der Waals surface area contributed by atoms with Crippen molar-refractivity contribution in [2.24, 2.45) is 5.14 Å². The van der Waals surface area contributed by atoms with Crippen LogP contribution in [0.15, 0.2) is 34.9 Å². The number of benzene rings is 2. The van der Waals surface area contributed by atoms with Crippen LogP contribution < -0.4 is 9.88 Å². The summed E-state index contributed by atoms with van der Waals surface area (Å²) in [5, 5.41) is 31.1. The van der Waals surface area contributed by atoms with E-state index in [1.165, 1.54) is 42.8 Å². The van der Waals surface area contributed by atoms with Gasteiger partial charge in [0.15, 0.2) is 11.6 Å². The predicted molar refractivity (Wildman–Crippen MR) is 124 cm³/mol. The second-order valence-electron chi connectivity index (χ2n) is 8.82. The topological polar surface area (TPSA) is 162 Å². The fourth-order valence-corrected chi connectivity index (χ4v) is 5.28. The van der Waals surface area contributed by atoms with Gasteiger partial charge in [-0.25, -0.2) is 18.2 Å². The van der Waals surface area contributed by atoms with Crippen LogP contribution in [0.2, 0.25) is 0 Å². The number of nitrogens with zero attached hydrogens (tertiary/aromatic N) is 2. The third-order valence-corrected chi connectivity index (χ3v) is 7.58. The van der Waals surface area contributed by atoms with Crippen LogP contribution in [-0.2, 0) is 15.4 Å². The van der Waals surface area contributed by atoms with Gasteiger partial charge in [0.05, 0.1) is 33.1 Å². The van der Waals surface area contributed by atoms with Gasteiger partial charge in [-0.15, -0.1) is 0 Å². The summed E-state index contributed by atoms with van der Waals surface area (Å²) >= 11 is 0. The molecule has 10 nitrogen and oxygen atoms in total. The van der Waals surface area contributed by atoms with E-state index in [2.05, 4.69) is 5.10 Å². The van der Waals surface area contributed by atoms with Crippen molar-refractivity contribution >= 4 is 27.7 Å². The standard InChI is InChI=1S/C24H21N3O7S/c1-10-20(29)18(12(3)28)22-19(21(10)30)24(4)16(34-22)9-15-17(23(24)31)11(2)26-27(15)13-5-7-14(8-6-13)35(25,32)33/h5-9,29-30H,1-4H3,(H2,25,32,33). The van der Waals surface area contributed by atoms with E-state index in [9.17, 15) is 28.2 Å². The van der Waals surface area contributed by atoms with E-state index in [-0.39, 0.29) is 44.4 Å². The molecular formula is C24H21N3O7S. The van der Waals surface area contributed by atoms with E-state index in [1.807, 2.05) is 0 Å². The van der Waals surface area contributed by atoms with Gasteiger partial charge in [-0.1, -0.05) is 0 Å². The third-order valence-electron chi connectivity index (χ3n) is 6.65. The maximum Gasteiger partial charge on any atom is 0.238 e. The molecule has 1 aliphatic heterocycles. The number of Topliss-reactive ketones (excluding diaryl/α,β-unsaturated/α-hetero) is 2. The Hall–Kier alpha value is -3.96. The number of ketones is 2. The normalized spacial score (nSPS) is 18.4. The van der Waals surface area contributed by atoms with Gasteiger partial charge < -0.3 is 14.9 Å². The molecule has 1 aromatic heterocycles. The number of hydrogen-bond acceptors (Lipinski definition) is 8. The van der Waals surface area contributed by atoms with E-state index in [1.54, 1.807) is 19.9 Å². The van der Waals surface area contributed by atoms with E-state index in [0.29, 0.717) is 17.1 Å². The molecular weight excluding hydrogens is 474 g/mol. The molecule has 2 heterocycles. The van der Waals surface area contributed by atoms with Crippen molar-refractivity contribution in [1.82, 2.24) is 9.78 Å². The van der Waals surface area contributed by atoms with E-state index in [4.69, 9.17) is 9.88 Å². The van der Waals surface area contributed by atoms with Crippen LogP contribution in [0, 0.1) is 13.8 Å². The maximum absolute atomic E-state index is 13.9. The number of hydrogen-bond donors (Lipinski definition) is 3. The Balaban J connectivity index is 1.74. The Morgan fingerprint density at radius 2 is 1.77 bits per heavy atom. The average Bonchev–Trinajstić information content (AvgIpc) is 3.26. The molecule has 0 saturated carbocycles. The molecule has 1 aliphatic carbocycles. The van der Waals surface area contributed by atoms with Crippen molar-refractivity contribution in [2.75, 3.05) is 0 Å². The van der Waals surface area contributed by atoms with Crippen molar-refractivity contribution in [1.29, 1.82) is 0 Å². The lowest BCUT2D eigenvalue weighted by molar-refractivity contribution is 0.0905. The summed E-state index contributed by atoms with van der Waals surface area (Å²) < 4.78 is 30.7. The number of phenolic OH excluding ortho intramolecular Hbond substituents is 2. The Kier molecular flexibility index (Phi) is 4.58. The minimum atomic E-state index is -3.88. The summed E-state index contributed by atoms with van der Waals surface area (Å²) in [5.74, 6) is -1.50. The predicted octanol–water partition coefficient (Wildman–Crippen LogP) is 2.64. The van der Waals surface area contributed by atoms with Crippen LogP contribution in [0.4, 0.5) is 0 Å². The molecule has 1 atom stereocenters. The molecule has 3 aromatic rings. The molecule has 0 radical (unpaired) electrons. The largest absolute Gasteiger partial charge is 0.507 e. The van der Waals surface area contributed by atoms with Gasteiger partial charge in [0.2, 0.25) is 10.0 Å². The van der Waals surface area contributed by atoms with Gasteiger partial charge in [-0.2, -0.15) is 5.10 Å². The molecule has 2 aliphatic rings. The lowest BCUT2D eigenvalue weighted by atomic mass is 9.71. The van der Waals surface area contributed by atoms with Gasteiger partial charge in [0.25, 0.3) is 0 Å². The van der Waals surface area contributed by atoms with Gasteiger partial charge in [0.1, 0.15) is 34.0 Å². The molecule has 0 fully saturated rings. The average molecular weight is 496 g/mol. The second-order valence-corrected chi connectivity index (χ2v) is 10.4. The van der Waals surface area contributed by atoms with Gasteiger partial charge in [-0.05, 0) is 52.0 Å². The minimum Gasteiger partial charge on any atom is -0.507 e. The van der Waals surface area contributed by atoms with Crippen molar-refractivity contribution in [3.63, 3.8) is 0 Å². The number of nitrogens with two attached hydrogens (primary N) is 1. The highest BCUT2D eigenvalue weighted by Crippen LogP contribution is 2.58. The van der Waals surface area contributed by atoms with Crippen LogP contribution >= 0.6 is 0 Å². The molecule has 0 saturated heterocycles. The number of aromatic hydroxyl groups is 2. The monoisotopic (exact) mass is 495 g/mol.